The number of urea groups is 1. The van der Waals surface area contributed by atoms with Crippen LogP contribution in [-0.4, -0.2) is 33.6 Å². The third-order valence-electron chi connectivity index (χ3n) is 3.17. The fourth-order valence-electron chi connectivity index (χ4n) is 2.15. The molecule has 1 aromatic carbocycles. The van der Waals surface area contributed by atoms with Crippen molar-refractivity contribution in [3.63, 3.8) is 0 Å². The standard InChI is InChI=1S/C15H13ClIN5O/c1-10-8-13(19-15(23)21-7-3-6-18-9-21)22(20-10)14-11(16)4-2-5-12(14)17/h2-8H,9H2,1H3,(H,19,23). The predicted molar refractivity (Wildman–Crippen MR) is 99.4 cm³/mol. The largest absolute Gasteiger partial charge is 0.328 e. The van der Waals surface area contributed by atoms with E-state index in [-0.39, 0.29) is 6.03 Å². The van der Waals surface area contributed by atoms with Crippen LogP contribution in [0, 0.1) is 10.5 Å². The van der Waals surface area contributed by atoms with E-state index in [4.69, 9.17) is 11.6 Å². The lowest BCUT2D eigenvalue weighted by molar-refractivity contribution is 0.229. The maximum atomic E-state index is 12.3. The van der Waals surface area contributed by atoms with Crippen LogP contribution in [0.1, 0.15) is 5.69 Å². The molecule has 8 heteroatoms. The van der Waals surface area contributed by atoms with Crippen LogP contribution in [0.5, 0.6) is 0 Å². The topological polar surface area (TPSA) is 62.5 Å². The van der Waals surface area contributed by atoms with Gasteiger partial charge >= 0.3 is 6.03 Å². The molecule has 1 aromatic heterocycles. The van der Waals surface area contributed by atoms with E-state index in [9.17, 15) is 4.79 Å². The molecule has 0 saturated carbocycles. The highest BCUT2D eigenvalue weighted by Gasteiger charge is 2.18. The number of amides is 2. The number of allylic oxidation sites excluding steroid dienone is 1. The Balaban J connectivity index is 1.94. The molecule has 2 amide bonds. The maximum Gasteiger partial charge on any atom is 0.328 e. The van der Waals surface area contributed by atoms with Crippen LogP contribution in [-0.2, 0) is 0 Å². The molecular formula is C15H13ClIN5O. The van der Waals surface area contributed by atoms with E-state index in [1.807, 2.05) is 19.1 Å². The van der Waals surface area contributed by atoms with E-state index < -0.39 is 0 Å². The summed E-state index contributed by atoms with van der Waals surface area (Å²) in [6.07, 6.45) is 5.04. The molecule has 0 fully saturated rings. The summed E-state index contributed by atoms with van der Waals surface area (Å²) in [5.74, 6) is 0.557. The molecule has 2 heterocycles. The minimum atomic E-state index is -0.277. The monoisotopic (exact) mass is 441 g/mol. The van der Waals surface area contributed by atoms with E-state index in [1.54, 1.807) is 35.3 Å². The Morgan fingerprint density at radius 2 is 2.26 bits per heavy atom. The highest BCUT2D eigenvalue weighted by atomic mass is 127. The summed E-state index contributed by atoms with van der Waals surface area (Å²) in [4.78, 5) is 17.9. The van der Waals surface area contributed by atoms with Gasteiger partial charge in [0.05, 0.1) is 16.4 Å². The number of aliphatic imine (C=N–C) groups is 1. The third kappa shape index (κ3) is 3.40. The maximum absolute atomic E-state index is 12.3. The number of anilines is 1. The summed E-state index contributed by atoms with van der Waals surface area (Å²) in [5, 5.41) is 7.87. The summed E-state index contributed by atoms with van der Waals surface area (Å²) in [6, 6.07) is 7.13. The number of carbonyl (C=O) groups is 1. The second-order valence-electron chi connectivity index (χ2n) is 4.87. The second-order valence-corrected chi connectivity index (χ2v) is 6.44. The van der Waals surface area contributed by atoms with Crippen molar-refractivity contribution in [2.75, 3.05) is 12.0 Å². The number of nitrogens with one attached hydrogen (secondary N) is 1. The van der Waals surface area contributed by atoms with Gasteiger partial charge in [0.1, 0.15) is 12.5 Å². The average molecular weight is 442 g/mol. The van der Waals surface area contributed by atoms with E-state index >= 15 is 0 Å². The van der Waals surface area contributed by atoms with Gasteiger partial charge in [-0.05, 0) is 47.7 Å². The van der Waals surface area contributed by atoms with E-state index in [1.165, 1.54) is 4.90 Å². The van der Waals surface area contributed by atoms with Crippen LogP contribution in [0.2, 0.25) is 5.02 Å². The number of carbonyl (C=O) groups excluding carboxylic acids is 1. The van der Waals surface area contributed by atoms with Crippen LogP contribution >= 0.6 is 34.2 Å². The predicted octanol–water partition coefficient (Wildman–Crippen LogP) is 3.83. The number of halogens is 2. The molecule has 23 heavy (non-hydrogen) atoms. The van der Waals surface area contributed by atoms with Crippen molar-refractivity contribution in [2.45, 2.75) is 6.92 Å². The lowest BCUT2D eigenvalue weighted by Gasteiger charge is -2.19. The summed E-state index contributed by atoms with van der Waals surface area (Å²) in [5.41, 5.74) is 1.52. The van der Waals surface area contributed by atoms with Crippen LogP contribution in [0.15, 0.2) is 41.5 Å². The van der Waals surface area contributed by atoms with Crippen molar-refractivity contribution in [3.05, 3.63) is 50.8 Å². The number of aromatic nitrogens is 2. The van der Waals surface area contributed by atoms with E-state index in [2.05, 4.69) is 38.0 Å². The zero-order valence-electron chi connectivity index (χ0n) is 12.2. The number of nitrogens with zero attached hydrogens (tertiary/aromatic N) is 4. The number of para-hydroxylation sites is 1. The molecule has 0 unspecified atom stereocenters. The molecule has 0 aliphatic carbocycles. The van der Waals surface area contributed by atoms with Gasteiger partial charge in [-0.2, -0.15) is 5.10 Å². The van der Waals surface area contributed by atoms with E-state index in [0.717, 1.165) is 15.0 Å². The van der Waals surface area contributed by atoms with Crippen LogP contribution in [0.3, 0.4) is 0 Å². The third-order valence-corrected chi connectivity index (χ3v) is 4.34. The Kier molecular flexibility index (Phi) is 4.67. The molecule has 1 N–H and O–H groups in total. The SMILES string of the molecule is Cc1cc(NC(=O)N2C=CC=NC2)n(-c2c(Cl)cccc2I)n1. The molecule has 0 radical (unpaired) electrons. The molecule has 0 atom stereocenters. The summed E-state index contributed by atoms with van der Waals surface area (Å²) in [6.45, 7) is 2.15. The molecule has 118 valence electrons. The Morgan fingerprint density at radius 3 is 2.96 bits per heavy atom. The molecule has 1 aliphatic heterocycles. The van der Waals surface area contributed by atoms with Gasteiger partial charge in [-0.1, -0.05) is 17.7 Å². The first-order valence-corrected chi connectivity index (χ1v) is 8.27. The van der Waals surface area contributed by atoms with Crippen LogP contribution in [0.25, 0.3) is 5.69 Å². The van der Waals surface area contributed by atoms with Gasteiger partial charge in [-0.15, -0.1) is 0 Å². The zero-order chi connectivity index (χ0) is 16.4. The normalized spacial score (nSPS) is 13.4. The molecule has 3 rings (SSSR count). The smallest absolute Gasteiger partial charge is 0.292 e. The van der Waals surface area contributed by atoms with Gasteiger partial charge in [0.2, 0.25) is 0 Å². The Labute approximate surface area is 152 Å². The lowest BCUT2D eigenvalue weighted by Crippen LogP contribution is -2.32. The number of benzene rings is 1. The van der Waals surface area contributed by atoms with Gasteiger partial charge in [-0.3, -0.25) is 15.2 Å². The highest BCUT2D eigenvalue weighted by molar-refractivity contribution is 14.1. The first-order chi connectivity index (χ1) is 11.1. The highest BCUT2D eigenvalue weighted by Crippen LogP contribution is 2.28. The Morgan fingerprint density at radius 1 is 1.43 bits per heavy atom. The van der Waals surface area contributed by atoms with Crippen LogP contribution in [0.4, 0.5) is 10.6 Å². The summed E-state index contributed by atoms with van der Waals surface area (Å²) >= 11 is 8.51. The van der Waals surface area contributed by atoms with Crippen molar-refractivity contribution < 1.29 is 4.79 Å². The van der Waals surface area contributed by atoms with Crippen molar-refractivity contribution in [1.29, 1.82) is 0 Å². The minimum Gasteiger partial charge on any atom is -0.292 e. The Bertz CT molecular complexity index is 794. The summed E-state index contributed by atoms with van der Waals surface area (Å²) < 4.78 is 2.59. The van der Waals surface area contributed by atoms with Gasteiger partial charge in [0, 0.05) is 22.1 Å². The Hall–Kier alpha value is -1.87. The number of rotatable bonds is 2. The van der Waals surface area contributed by atoms with Gasteiger partial charge in [0.25, 0.3) is 0 Å². The molecular weight excluding hydrogens is 429 g/mol. The first kappa shape index (κ1) is 16.0. The molecule has 2 aromatic rings. The first-order valence-electron chi connectivity index (χ1n) is 6.81. The van der Waals surface area contributed by atoms with E-state index in [0.29, 0.717) is 17.5 Å². The van der Waals surface area contributed by atoms with Crippen LogP contribution < -0.4 is 5.32 Å². The van der Waals surface area contributed by atoms with Gasteiger partial charge in [-0.25, -0.2) is 9.48 Å². The van der Waals surface area contributed by atoms with Crippen molar-refractivity contribution in [1.82, 2.24) is 14.7 Å². The lowest BCUT2D eigenvalue weighted by atomic mass is 10.3. The van der Waals surface area contributed by atoms with Gasteiger partial charge in [0.15, 0.2) is 0 Å². The summed E-state index contributed by atoms with van der Waals surface area (Å²) in [7, 11) is 0. The van der Waals surface area contributed by atoms with Gasteiger partial charge < -0.3 is 0 Å². The molecule has 0 saturated heterocycles. The zero-order valence-corrected chi connectivity index (χ0v) is 15.1. The van der Waals surface area contributed by atoms with Crippen molar-refractivity contribution in [3.8, 4) is 5.69 Å². The van der Waals surface area contributed by atoms with Crippen molar-refractivity contribution >= 4 is 52.3 Å². The quantitative estimate of drug-likeness (QED) is 0.720. The number of hydrogen-bond acceptors (Lipinski definition) is 3. The average Bonchev–Trinajstić information content (AvgIpc) is 2.88. The fourth-order valence-corrected chi connectivity index (χ4v) is 3.29. The van der Waals surface area contributed by atoms with Crippen molar-refractivity contribution in [2.24, 2.45) is 4.99 Å². The number of hydrogen-bond donors (Lipinski definition) is 1. The molecule has 0 spiro atoms. The second kappa shape index (κ2) is 6.71. The molecule has 1 aliphatic rings. The fraction of sp³-hybridized carbons (Fsp3) is 0.133. The molecule has 0 bridgehead atoms. The molecule has 6 nitrogen and oxygen atoms in total. The minimum absolute atomic E-state index is 0.277. The number of aryl methyl sites for hydroxylation is 1.